The van der Waals surface area contributed by atoms with Gasteiger partial charge in [0.05, 0.1) is 11.5 Å². The lowest BCUT2D eigenvalue weighted by Crippen LogP contribution is -2.01. The van der Waals surface area contributed by atoms with Gasteiger partial charge in [0, 0.05) is 15.3 Å². The van der Waals surface area contributed by atoms with Gasteiger partial charge >= 0.3 is 0 Å². The van der Waals surface area contributed by atoms with E-state index in [1.165, 1.54) is 21.5 Å². The predicted octanol–water partition coefficient (Wildman–Crippen LogP) is 3.59. The average Bonchev–Trinajstić information content (AvgIpc) is 2.66. The first-order valence-electron chi connectivity index (χ1n) is 5.88. The zero-order valence-electron chi connectivity index (χ0n) is 11.1. The van der Waals surface area contributed by atoms with Crippen LogP contribution in [0.1, 0.15) is 20.9 Å². The number of nitro groups is 1. The molecule has 0 aliphatic rings. The van der Waals surface area contributed by atoms with Crippen molar-refractivity contribution in [2.45, 2.75) is 27.3 Å². The van der Waals surface area contributed by atoms with Gasteiger partial charge in [0.1, 0.15) is 12.0 Å². The minimum absolute atomic E-state index is 0.0494. The lowest BCUT2D eigenvalue weighted by molar-refractivity contribution is -0.385. The van der Waals surface area contributed by atoms with Crippen LogP contribution >= 0.6 is 11.3 Å². The molecular formula is C13H15N3O2S. The van der Waals surface area contributed by atoms with E-state index in [1.807, 2.05) is 0 Å². The second-order valence-electron chi connectivity index (χ2n) is 4.42. The second-order valence-corrected chi connectivity index (χ2v) is 5.76. The maximum Gasteiger partial charge on any atom is 0.290 e. The third-order valence-electron chi connectivity index (χ3n) is 2.94. The Labute approximate surface area is 115 Å². The number of nitrogens with zero attached hydrogens (tertiary/aromatic N) is 2. The van der Waals surface area contributed by atoms with Gasteiger partial charge in [0.2, 0.25) is 0 Å². The summed E-state index contributed by atoms with van der Waals surface area (Å²) in [6.45, 7) is 6.58. The van der Waals surface area contributed by atoms with Gasteiger partial charge < -0.3 is 5.32 Å². The van der Waals surface area contributed by atoms with E-state index in [4.69, 9.17) is 0 Å². The van der Waals surface area contributed by atoms with Crippen molar-refractivity contribution in [3.63, 3.8) is 0 Å². The van der Waals surface area contributed by atoms with Gasteiger partial charge in [-0.2, -0.15) is 0 Å². The van der Waals surface area contributed by atoms with E-state index in [2.05, 4.69) is 30.2 Å². The van der Waals surface area contributed by atoms with E-state index in [0.717, 1.165) is 0 Å². The van der Waals surface area contributed by atoms with E-state index >= 15 is 0 Å². The number of aromatic nitrogens is 1. The molecule has 0 saturated heterocycles. The molecule has 0 spiro atoms. The van der Waals surface area contributed by atoms with Crippen molar-refractivity contribution in [1.82, 2.24) is 4.98 Å². The third kappa shape index (κ3) is 3.08. The standard InChI is InChI=1S/C13H15N3O2S/c1-8-4-11(19-10(8)3)6-14-13-5-9(2)12(7-15-13)16(17)18/h4-5,7H,6H2,1-3H3,(H,14,15). The topological polar surface area (TPSA) is 68.1 Å². The molecule has 0 radical (unpaired) electrons. The zero-order valence-corrected chi connectivity index (χ0v) is 11.9. The van der Waals surface area contributed by atoms with Gasteiger partial charge in [-0.05, 0) is 38.5 Å². The highest BCUT2D eigenvalue weighted by atomic mass is 32.1. The number of rotatable bonds is 4. The summed E-state index contributed by atoms with van der Waals surface area (Å²) < 4.78 is 0. The number of hydrogen-bond donors (Lipinski definition) is 1. The number of pyridine rings is 1. The first-order chi connectivity index (χ1) is 8.97. The fourth-order valence-electron chi connectivity index (χ4n) is 1.75. The Bertz CT molecular complexity index is 603. The highest BCUT2D eigenvalue weighted by Crippen LogP contribution is 2.23. The quantitative estimate of drug-likeness (QED) is 0.685. The van der Waals surface area contributed by atoms with Crippen LogP contribution in [-0.4, -0.2) is 9.91 Å². The Morgan fingerprint density at radius 1 is 1.32 bits per heavy atom. The van der Waals surface area contributed by atoms with Crippen LogP contribution < -0.4 is 5.32 Å². The first kappa shape index (κ1) is 13.5. The van der Waals surface area contributed by atoms with E-state index in [1.54, 1.807) is 24.3 Å². The Morgan fingerprint density at radius 2 is 2.05 bits per heavy atom. The molecule has 19 heavy (non-hydrogen) atoms. The van der Waals surface area contributed by atoms with E-state index in [9.17, 15) is 10.1 Å². The van der Waals surface area contributed by atoms with E-state index in [-0.39, 0.29) is 5.69 Å². The van der Waals surface area contributed by atoms with Gasteiger partial charge in [-0.15, -0.1) is 11.3 Å². The van der Waals surface area contributed by atoms with Gasteiger partial charge in [-0.1, -0.05) is 0 Å². The van der Waals surface area contributed by atoms with Crippen LogP contribution in [0.3, 0.4) is 0 Å². The largest absolute Gasteiger partial charge is 0.365 e. The molecule has 2 rings (SSSR count). The fourth-order valence-corrected chi connectivity index (χ4v) is 2.74. The molecule has 0 saturated carbocycles. The summed E-state index contributed by atoms with van der Waals surface area (Å²) in [5.41, 5.74) is 1.95. The zero-order chi connectivity index (χ0) is 14.0. The predicted molar refractivity (Wildman–Crippen MR) is 76.7 cm³/mol. The van der Waals surface area contributed by atoms with Crippen LogP contribution in [0, 0.1) is 30.9 Å². The normalized spacial score (nSPS) is 10.5. The van der Waals surface area contributed by atoms with Crippen LogP contribution in [-0.2, 0) is 6.54 Å². The van der Waals surface area contributed by atoms with Crippen LogP contribution in [0.4, 0.5) is 11.5 Å². The van der Waals surface area contributed by atoms with Crippen molar-refractivity contribution >= 4 is 22.8 Å². The minimum atomic E-state index is -0.419. The van der Waals surface area contributed by atoms with Crippen molar-refractivity contribution in [2.24, 2.45) is 0 Å². The summed E-state index contributed by atoms with van der Waals surface area (Å²) >= 11 is 1.75. The molecule has 0 atom stereocenters. The number of nitrogens with one attached hydrogen (secondary N) is 1. The van der Waals surface area contributed by atoms with Crippen LogP contribution in [0.15, 0.2) is 18.3 Å². The molecule has 0 bridgehead atoms. The molecule has 2 aromatic rings. The summed E-state index contributed by atoms with van der Waals surface area (Å²) in [7, 11) is 0. The molecule has 0 fully saturated rings. The molecule has 100 valence electrons. The van der Waals surface area contributed by atoms with Crippen molar-refractivity contribution in [3.05, 3.63) is 49.3 Å². The lowest BCUT2D eigenvalue weighted by Gasteiger charge is -2.04. The molecule has 0 aliphatic heterocycles. The maximum atomic E-state index is 10.7. The number of anilines is 1. The lowest BCUT2D eigenvalue weighted by atomic mass is 10.2. The number of hydrogen-bond acceptors (Lipinski definition) is 5. The van der Waals surface area contributed by atoms with Crippen molar-refractivity contribution in [1.29, 1.82) is 0 Å². The summed E-state index contributed by atoms with van der Waals surface area (Å²) in [5, 5.41) is 13.9. The smallest absolute Gasteiger partial charge is 0.290 e. The van der Waals surface area contributed by atoms with Crippen molar-refractivity contribution in [2.75, 3.05) is 5.32 Å². The minimum Gasteiger partial charge on any atom is -0.365 e. The molecule has 2 heterocycles. The summed E-state index contributed by atoms with van der Waals surface area (Å²) in [5.74, 6) is 0.659. The Hall–Kier alpha value is -1.95. The van der Waals surface area contributed by atoms with E-state index in [0.29, 0.717) is 17.9 Å². The molecule has 0 aliphatic carbocycles. The van der Waals surface area contributed by atoms with Crippen LogP contribution in [0.2, 0.25) is 0 Å². The van der Waals surface area contributed by atoms with Gasteiger partial charge in [0.15, 0.2) is 0 Å². The SMILES string of the molecule is Cc1cc(NCc2cc(C)c(C)s2)ncc1[N+](=O)[O-]. The highest BCUT2D eigenvalue weighted by Gasteiger charge is 2.11. The second kappa shape index (κ2) is 5.36. The van der Waals surface area contributed by atoms with Crippen molar-refractivity contribution < 1.29 is 4.92 Å². The molecule has 0 unspecified atom stereocenters. The van der Waals surface area contributed by atoms with Gasteiger partial charge in [-0.3, -0.25) is 10.1 Å². The summed E-state index contributed by atoms with van der Waals surface area (Å²) in [6, 6.07) is 3.84. The average molecular weight is 277 g/mol. The molecule has 1 N–H and O–H groups in total. The number of thiophene rings is 1. The molecule has 0 amide bonds. The Balaban J connectivity index is 2.08. The molecule has 0 aromatic carbocycles. The first-order valence-corrected chi connectivity index (χ1v) is 6.70. The summed E-state index contributed by atoms with van der Waals surface area (Å²) in [6.07, 6.45) is 1.29. The molecule has 2 aromatic heterocycles. The van der Waals surface area contributed by atoms with Gasteiger partial charge in [-0.25, -0.2) is 4.98 Å². The monoisotopic (exact) mass is 277 g/mol. The molecular weight excluding hydrogens is 262 g/mol. The highest BCUT2D eigenvalue weighted by molar-refractivity contribution is 7.12. The van der Waals surface area contributed by atoms with Crippen LogP contribution in [0.5, 0.6) is 0 Å². The third-order valence-corrected chi connectivity index (χ3v) is 4.09. The van der Waals surface area contributed by atoms with Crippen molar-refractivity contribution in [3.8, 4) is 0 Å². The molecule has 6 heteroatoms. The molecule has 5 nitrogen and oxygen atoms in total. The number of aryl methyl sites for hydroxylation is 3. The Kier molecular flexibility index (Phi) is 3.80. The van der Waals surface area contributed by atoms with Gasteiger partial charge in [0.25, 0.3) is 5.69 Å². The summed E-state index contributed by atoms with van der Waals surface area (Å²) in [4.78, 5) is 16.9. The maximum absolute atomic E-state index is 10.7. The van der Waals surface area contributed by atoms with Crippen LogP contribution in [0.25, 0.3) is 0 Å². The fraction of sp³-hybridized carbons (Fsp3) is 0.308. The Morgan fingerprint density at radius 3 is 2.58 bits per heavy atom. The van der Waals surface area contributed by atoms with E-state index < -0.39 is 4.92 Å².